The van der Waals surface area contributed by atoms with Gasteiger partial charge in [0.25, 0.3) is 0 Å². The van der Waals surface area contributed by atoms with Crippen molar-refractivity contribution in [3.63, 3.8) is 0 Å². The van der Waals surface area contributed by atoms with Crippen molar-refractivity contribution < 1.29 is 14.7 Å². The molecule has 0 aliphatic rings. The van der Waals surface area contributed by atoms with Crippen LogP contribution in [0, 0.1) is 0 Å². The molecule has 1 unspecified atom stereocenters. The summed E-state index contributed by atoms with van der Waals surface area (Å²) in [5, 5.41) is 16.4. The lowest BCUT2D eigenvalue weighted by molar-refractivity contribution is -0.134. The van der Waals surface area contributed by atoms with Gasteiger partial charge in [-0.15, -0.1) is 10.2 Å². The van der Waals surface area contributed by atoms with Gasteiger partial charge in [-0.2, -0.15) is 0 Å². The fraction of sp³-hybridized carbons (Fsp3) is 0.556. The van der Waals surface area contributed by atoms with E-state index in [1.54, 1.807) is 21.0 Å². The molecule has 0 saturated carbocycles. The number of thioether (sulfide) groups is 1. The highest BCUT2D eigenvalue weighted by atomic mass is 32.2. The van der Waals surface area contributed by atoms with Crippen molar-refractivity contribution in [3.8, 4) is 0 Å². The third-order valence-corrected chi connectivity index (χ3v) is 3.13. The molecule has 1 heterocycles. The van der Waals surface area contributed by atoms with Gasteiger partial charge >= 0.3 is 5.97 Å². The van der Waals surface area contributed by atoms with Crippen LogP contribution >= 0.6 is 11.8 Å². The first-order valence-electron chi connectivity index (χ1n) is 5.10. The number of nitrogen functional groups attached to an aromatic ring is 1. The molecule has 0 fully saturated rings. The molecule has 1 amide bonds. The third kappa shape index (κ3) is 3.13. The van der Waals surface area contributed by atoms with E-state index in [2.05, 4.69) is 10.2 Å². The quantitative estimate of drug-likeness (QED) is 0.707. The predicted octanol–water partition coefficient (Wildman–Crippen LogP) is -0.314. The van der Waals surface area contributed by atoms with Gasteiger partial charge in [-0.1, -0.05) is 11.8 Å². The number of anilines is 1. The topological polar surface area (TPSA) is 114 Å². The summed E-state index contributed by atoms with van der Waals surface area (Å²) in [5.41, 5.74) is 5.64. The Balaban J connectivity index is 2.96. The molecule has 0 bridgehead atoms. The van der Waals surface area contributed by atoms with Gasteiger partial charge in [-0.3, -0.25) is 14.2 Å². The number of amides is 1. The monoisotopic (exact) mass is 273 g/mol. The van der Waals surface area contributed by atoms with Crippen LogP contribution in [0.2, 0.25) is 0 Å². The summed E-state index contributed by atoms with van der Waals surface area (Å²) in [6, 6.07) is -0.578. The number of carboxylic acids is 1. The highest BCUT2D eigenvalue weighted by molar-refractivity contribution is 7.99. The predicted molar refractivity (Wildman–Crippen MR) is 66.2 cm³/mol. The van der Waals surface area contributed by atoms with Crippen LogP contribution in [0.4, 0.5) is 5.95 Å². The van der Waals surface area contributed by atoms with Crippen LogP contribution in [0.5, 0.6) is 0 Å². The number of hydrogen-bond acceptors (Lipinski definition) is 6. The molecular formula is C9H15N5O3S. The van der Waals surface area contributed by atoms with Gasteiger partial charge in [0.1, 0.15) is 6.04 Å². The van der Waals surface area contributed by atoms with E-state index in [9.17, 15) is 9.59 Å². The smallest absolute Gasteiger partial charge is 0.313 e. The van der Waals surface area contributed by atoms with E-state index >= 15 is 0 Å². The van der Waals surface area contributed by atoms with Gasteiger partial charge < -0.3 is 15.7 Å². The van der Waals surface area contributed by atoms with Gasteiger partial charge in [0.2, 0.25) is 11.9 Å². The van der Waals surface area contributed by atoms with Gasteiger partial charge in [0.05, 0.1) is 5.75 Å². The number of nitrogens with zero attached hydrogens (tertiary/aromatic N) is 4. The molecule has 9 heteroatoms. The summed E-state index contributed by atoms with van der Waals surface area (Å²) in [5.74, 6) is -1.22. The first kappa shape index (κ1) is 14.3. The Morgan fingerprint density at radius 2 is 2.11 bits per heavy atom. The highest BCUT2D eigenvalue weighted by Gasteiger charge is 2.23. The minimum atomic E-state index is -0.972. The van der Waals surface area contributed by atoms with Crippen molar-refractivity contribution in [2.75, 3.05) is 25.6 Å². The highest BCUT2D eigenvalue weighted by Crippen LogP contribution is 2.23. The second-order valence-electron chi connectivity index (χ2n) is 3.80. The normalized spacial score (nSPS) is 12.2. The molecule has 0 aromatic carbocycles. The van der Waals surface area contributed by atoms with Crippen LogP contribution in [-0.4, -0.2) is 56.5 Å². The van der Waals surface area contributed by atoms with Crippen molar-refractivity contribution in [1.29, 1.82) is 0 Å². The molecular weight excluding hydrogens is 258 g/mol. The summed E-state index contributed by atoms with van der Waals surface area (Å²) in [6.45, 7) is 1.66. The van der Waals surface area contributed by atoms with Crippen LogP contribution < -0.4 is 5.73 Å². The van der Waals surface area contributed by atoms with Crippen LogP contribution in [0.15, 0.2) is 5.16 Å². The number of carbonyl (C=O) groups is 2. The Hall–Kier alpha value is -1.77. The molecule has 1 atom stereocenters. The molecule has 3 N–H and O–H groups in total. The maximum absolute atomic E-state index is 11.9. The maximum atomic E-state index is 11.9. The summed E-state index contributed by atoms with van der Waals surface area (Å²) in [6.07, 6.45) is 0. The lowest BCUT2D eigenvalue weighted by atomic mass is 10.3. The van der Waals surface area contributed by atoms with Gasteiger partial charge in [-0.05, 0) is 6.92 Å². The lowest BCUT2D eigenvalue weighted by Gasteiger charge is -2.19. The van der Waals surface area contributed by atoms with Crippen molar-refractivity contribution in [2.45, 2.75) is 18.1 Å². The lowest BCUT2D eigenvalue weighted by Crippen LogP contribution is -2.30. The van der Waals surface area contributed by atoms with Crippen LogP contribution in [0.3, 0.4) is 0 Å². The minimum absolute atomic E-state index is 0.0885. The Morgan fingerprint density at radius 1 is 1.50 bits per heavy atom. The van der Waals surface area contributed by atoms with E-state index in [-0.39, 0.29) is 17.6 Å². The molecule has 0 aliphatic carbocycles. The molecule has 100 valence electrons. The summed E-state index contributed by atoms with van der Waals surface area (Å²) in [7, 11) is 3.26. The Bertz CT molecular complexity index is 459. The van der Waals surface area contributed by atoms with Crippen molar-refractivity contribution in [2.24, 2.45) is 0 Å². The van der Waals surface area contributed by atoms with Crippen LogP contribution in [0.1, 0.15) is 13.0 Å². The fourth-order valence-corrected chi connectivity index (χ4v) is 2.10. The van der Waals surface area contributed by atoms with E-state index in [0.717, 1.165) is 11.8 Å². The number of likely N-dealkylation sites (N-methyl/N-ethyl adjacent to an activating group) is 1. The average molecular weight is 273 g/mol. The molecule has 0 radical (unpaired) electrons. The van der Waals surface area contributed by atoms with Crippen molar-refractivity contribution in [3.05, 3.63) is 0 Å². The van der Waals surface area contributed by atoms with Gasteiger partial charge in [0.15, 0.2) is 5.16 Å². The summed E-state index contributed by atoms with van der Waals surface area (Å²) < 4.78 is 1.43. The van der Waals surface area contributed by atoms with Gasteiger partial charge in [-0.25, -0.2) is 0 Å². The largest absolute Gasteiger partial charge is 0.481 e. The zero-order valence-corrected chi connectivity index (χ0v) is 11.1. The molecule has 8 nitrogen and oxygen atoms in total. The van der Waals surface area contributed by atoms with Gasteiger partial charge in [0, 0.05) is 14.1 Å². The number of aromatic nitrogens is 3. The Labute approximate surface area is 108 Å². The number of rotatable bonds is 5. The standard InChI is InChI=1S/C9H15N5O3S/c1-5(7(17)13(2)3)14-8(10)11-12-9(14)18-4-6(15)16/h5H,4H2,1-3H3,(H2,10,11)(H,15,16). The molecule has 1 aromatic heterocycles. The van der Waals surface area contributed by atoms with E-state index in [1.165, 1.54) is 9.47 Å². The SMILES string of the molecule is CC(C(=O)N(C)C)n1c(N)nnc1SCC(=O)O. The molecule has 1 aromatic rings. The van der Waals surface area contributed by atoms with Crippen LogP contribution in [0.25, 0.3) is 0 Å². The number of hydrogen-bond donors (Lipinski definition) is 2. The molecule has 1 rings (SSSR count). The number of aliphatic carboxylic acids is 1. The first-order valence-corrected chi connectivity index (χ1v) is 6.09. The fourth-order valence-electron chi connectivity index (χ4n) is 1.36. The number of carbonyl (C=O) groups excluding carboxylic acids is 1. The molecule has 0 saturated heterocycles. The Kier molecular flexibility index (Phi) is 4.54. The van der Waals surface area contributed by atoms with Crippen molar-refractivity contribution >= 4 is 29.6 Å². The zero-order valence-electron chi connectivity index (χ0n) is 10.3. The van der Waals surface area contributed by atoms with Crippen LogP contribution in [-0.2, 0) is 9.59 Å². The number of carboxylic acid groups (broad SMARTS) is 1. The second-order valence-corrected chi connectivity index (χ2v) is 4.74. The maximum Gasteiger partial charge on any atom is 0.313 e. The summed E-state index contributed by atoms with van der Waals surface area (Å²) >= 11 is 0.973. The first-order chi connectivity index (χ1) is 8.34. The molecule has 18 heavy (non-hydrogen) atoms. The minimum Gasteiger partial charge on any atom is -0.481 e. The average Bonchev–Trinajstić information content (AvgIpc) is 2.65. The number of nitrogens with two attached hydrogens (primary N) is 1. The van der Waals surface area contributed by atoms with E-state index in [0.29, 0.717) is 5.16 Å². The van der Waals surface area contributed by atoms with E-state index in [4.69, 9.17) is 10.8 Å². The Morgan fingerprint density at radius 3 is 2.61 bits per heavy atom. The second kappa shape index (κ2) is 5.71. The molecule has 0 aliphatic heterocycles. The third-order valence-electron chi connectivity index (χ3n) is 2.20. The zero-order chi connectivity index (χ0) is 13.9. The summed E-state index contributed by atoms with van der Waals surface area (Å²) in [4.78, 5) is 23.8. The molecule has 0 spiro atoms. The van der Waals surface area contributed by atoms with E-state index < -0.39 is 12.0 Å². The van der Waals surface area contributed by atoms with E-state index in [1.807, 2.05) is 0 Å². The van der Waals surface area contributed by atoms with Crippen molar-refractivity contribution in [1.82, 2.24) is 19.7 Å².